The summed E-state index contributed by atoms with van der Waals surface area (Å²) in [6.07, 6.45) is 2.88. The number of benzene rings is 1. The summed E-state index contributed by atoms with van der Waals surface area (Å²) in [6.45, 7) is 0.649. The van der Waals surface area contributed by atoms with E-state index in [2.05, 4.69) is 4.99 Å². The van der Waals surface area contributed by atoms with Gasteiger partial charge in [0.25, 0.3) is 0 Å². The molecule has 1 aromatic rings. The van der Waals surface area contributed by atoms with Crippen LogP contribution in [0.1, 0.15) is 12.0 Å². The fourth-order valence-corrected chi connectivity index (χ4v) is 2.01. The van der Waals surface area contributed by atoms with Crippen molar-refractivity contribution in [3.05, 3.63) is 23.8 Å². The van der Waals surface area contributed by atoms with E-state index in [9.17, 15) is 9.59 Å². The van der Waals surface area contributed by atoms with Crippen LogP contribution in [0.15, 0.2) is 23.2 Å². The summed E-state index contributed by atoms with van der Waals surface area (Å²) in [5, 5.41) is 0. The normalized spacial score (nSPS) is 13.6. The molecule has 0 N–H and O–H groups in total. The molecule has 0 spiro atoms. The van der Waals surface area contributed by atoms with E-state index in [0.29, 0.717) is 12.2 Å². The molecule has 1 aliphatic heterocycles. The van der Waals surface area contributed by atoms with Gasteiger partial charge in [0.15, 0.2) is 0 Å². The van der Waals surface area contributed by atoms with Crippen molar-refractivity contribution in [2.24, 2.45) is 4.99 Å². The van der Waals surface area contributed by atoms with Crippen LogP contribution in [-0.4, -0.2) is 25.8 Å². The predicted octanol–water partition coefficient (Wildman–Crippen LogP) is 2.17. The number of carbonyl (C=O) groups excluding carboxylic acids is 2. The zero-order valence-electron chi connectivity index (χ0n) is 9.47. The lowest BCUT2D eigenvalue weighted by molar-refractivity contribution is 0.178. The number of isocyanates is 1. The van der Waals surface area contributed by atoms with Gasteiger partial charge in [0.1, 0.15) is 0 Å². The molecule has 1 heterocycles. The average Bonchev–Trinajstić information content (AvgIpc) is 2.37. The number of hydrogen-bond donors (Lipinski definition) is 0. The predicted molar refractivity (Wildman–Crippen MR) is 62.3 cm³/mol. The molecule has 0 saturated carbocycles. The minimum absolute atomic E-state index is 0.363. The van der Waals surface area contributed by atoms with Crippen molar-refractivity contribution in [2.45, 2.75) is 12.8 Å². The summed E-state index contributed by atoms with van der Waals surface area (Å²) in [6, 6.07) is 5.27. The Morgan fingerprint density at radius 2 is 2.35 bits per heavy atom. The molecule has 5 heteroatoms. The van der Waals surface area contributed by atoms with Crippen LogP contribution in [-0.2, 0) is 16.0 Å². The number of carbonyl (C=O) groups is 1. The van der Waals surface area contributed by atoms with E-state index >= 15 is 0 Å². The largest absolute Gasteiger partial charge is 0.452 e. The molecule has 88 valence electrons. The third-order valence-corrected chi connectivity index (χ3v) is 2.75. The highest BCUT2D eigenvalue weighted by Gasteiger charge is 2.22. The quantitative estimate of drug-likeness (QED) is 0.550. The fraction of sp³-hybridized carbons (Fsp3) is 0.333. The number of anilines is 1. The van der Waals surface area contributed by atoms with Gasteiger partial charge < -0.3 is 4.74 Å². The molecule has 0 bridgehead atoms. The van der Waals surface area contributed by atoms with Crippen LogP contribution >= 0.6 is 0 Å². The number of aryl methyl sites for hydroxylation is 1. The first-order valence-electron chi connectivity index (χ1n) is 5.32. The van der Waals surface area contributed by atoms with Crippen molar-refractivity contribution in [3.63, 3.8) is 0 Å². The van der Waals surface area contributed by atoms with Crippen LogP contribution in [0.3, 0.4) is 0 Å². The first-order valence-corrected chi connectivity index (χ1v) is 5.32. The van der Waals surface area contributed by atoms with Crippen LogP contribution in [0.2, 0.25) is 0 Å². The summed E-state index contributed by atoms with van der Waals surface area (Å²) in [4.78, 5) is 26.9. The highest BCUT2D eigenvalue weighted by molar-refractivity contribution is 5.89. The lowest BCUT2D eigenvalue weighted by Gasteiger charge is -2.28. The van der Waals surface area contributed by atoms with Gasteiger partial charge in [-0.15, -0.1) is 0 Å². The SMILES string of the molecule is COC(=O)N1CCCc2cc(N=C=O)ccc21. The minimum atomic E-state index is -0.363. The summed E-state index contributed by atoms with van der Waals surface area (Å²) < 4.78 is 4.73. The summed E-state index contributed by atoms with van der Waals surface area (Å²) in [7, 11) is 1.36. The molecule has 1 amide bonds. The van der Waals surface area contributed by atoms with E-state index in [1.54, 1.807) is 23.1 Å². The first-order chi connectivity index (χ1) is 8.26. The zero-order chi connectivity index (χ0) is 12.3. The Kier molecular flexibility index (Phi) is 3.21. The van der Waals surface area contributed by atoms with Gasteiger partial charge >= 0.3 is 6.09 Å². The smallest absolute Gasteiger partial charge is 0.414 e. The number of methoxy groups -OCH3 is 1. The van der Waals surface area contributed by atoms with Gasteiger partial charge in [0, 0.05) is 6.54 Å². The molecule has 0 atom stereocenters. The van der Waals surface area contributed by atoms with Gasteiger partial charge in [0.2, 0.25) is 6.08 Å². The van der Waals surface area contributed by atoms with Gasteiger partial charge in [-0.3, -0.25) is 4.90 Å². The van der Waals surface area contributed by atoms with E-state index < -0.39 is 0 Å². The van der Waals surface area contributed by atoms with E-state index in [-0.39, 0.29) is 6.09 Å². The second-order valence-electron chi connectivity index (χ2n) is 3.74. The van der Waals surface area contributed by atoms with Crippen LogP contribution < -0.4 is 4.90 Å². The fourth-order valence-electron chi connectivity index (χ4n) is 2.01. The molecule has 0 aliphatic carbocycles. The van der Waals surface area contributed by atoms with Crippen LogP contribution in [0.4, 0.5) is 16.2 Å². The highest BCUT2D eigenvalue weighted by Crippen LogP contribution is 2.30. The van der Waals surface area contributed by atoms with Crippen molar-refractivity contribution in [1.29, 1.82) is 0 Å². The Bertz CT molecular complexity index is 493. The minimum Gasteiger partial charge on any atom is -0.452 e. The van der Waals surface area contributed by atoms with Crippen molar-refractivity contribution in [1.82, 2.24) is 0 Å². The lowest BCUT2D eigenvalue weighted by Crippen LogP contribution is -2.35. The van der Waals surface area contributed by atoms with Crippen molar-refractivity contribution >= 4 is 23.5 Å². The Labute approximate surface area is 98.7 Å². The first kappa shape index (κ1) is 11.4. The number of ether oxygens (including phenoxy) is 1. The van der Waals surface area contributed by atoms with E-state index in [0.717, 1.165) is 24.1 Å². The molecular weight excluding hydrogens is 220 g/mol. The number of rotatable bonds is 1. The molecule has 0 saturated heterocycles. The van der Waals surface area contributed by atoms with E-state index in [1.165, 1.54) is 13.2 Å². The van der Waals surface area contributed by atoms with Crippen LogP contribution in [0.25, 0.3) is 0 Å². The Hall–Kier alpha value is -2.13. The van der Waals surface area contributed by atoms with Crippen molar-refractivity contribution < 1.29 is 14.3 Å². The summed E-state index contributed by atoms with van der Waals surface area (Å²) in [5.41, 5.74) is 2.39. The summed E-state index contributed by atoms with van der Waals surface area (Å²) >= 11 is 0. The zero-order valence-corrected chi connectivity index (χ0v) is 9.47. The number of fused-ring (bicyclic) bond motifs is 1. The van der Waals surface area contributed by atoms with Gasteiger partial charge in [-0.05, 0) is 36.6 Å². The number of amides is 1. The second kappa shape index (κ2) is 4.80. The maximum atomic E-state index is 11.6. The maximum absolute atomic E-state index is 11.6. The Balaban J connectivity index is 2.39. The monoisotopic (exact) mass is 232 g/mol. The third-order valence-electron chi connectivity index (χ3n) is 2.75. The van der Waals surface area contributed by atoms with Gasteiger partial charge in [-0.2, -0.15) is 4.99 Å². The molecular formula is C12H12N2O3. The Morgan fingerprint density at radius 3 is 3.06 bits per heavy atom. The second-order valence-corrected chi connectivity index (χ2v) is 3.74. The van der Waals surface area contributed by atoms with Crippen molar-refractivity contribution in [2.75, 3.05) is 18.6 Å². The van der Waals surface area contributed by atoms with Gasteiger partial charge in [-0.1, -0.05) is 0 Å². The highest BCUT2D eigenvalue weighted by atomic mass is 16.5. The third kappa shape index (κ3) is 2.19. The Morgan fingerprint density at radius 1 is 1.53 bits per heavy atom. The number of hydrogen-bond acceptors (Lipinski definition) is 4. The average molecular weight is 232 g/mol. The topological polar surface area (TPSA) is 59.0 Å². The van der Waals surface area contributed by atoms with E-state index in [1.807, 2.05) is 0 Å². The van der Waals surface area contributed by atoms with Crippen molar-refractivity contribution in [3.8, 4) is 0 Å². The van der Waals surface area contributed by atoms with Crippen LogP contribution in [0, 0.1) is 0 Å². The standard InChI is InChI=1S/C12H12N2O3/c1-17-12(16)14-6-2-3-9-7-10(13-8-15)4-5-11(9)14/h4-5,7H,2-3,6H2,1H3. The summed E-state index contributed by atoms with van der Waals surface area (Å²) in [5.74, 6) is 0. The van der Waals surface area contributed by atoms with Gasteiger partial charge in [-0.25, -0.2) is 9.59 Å². The molecule has 1 aromatic carbocycles. The molecule has 0 radical (unpaired) electrons. The molecule has 5 nitrogen and oxygen atoms in total. The van der Waals surface area contributed by atoms with Gasteiger partial charge in [0.05, 0.1) is 18.5 Å². The number of aliphatic imine (C=N–C) groups is 1. The molecule has 17 heavy (non-hydrogen) atoms. The molecule has 2 rings (SSSR count). The molecule has 0 unspecified atom stereocenters. The number of nitrogens with zero attached hydrogens (tertiary/aromatic N) is 2. The lowest BCUT2D eigenvalue weighted by atomic mass is 10.0. The van der Waals surface area contributed by atoms with E-state index in [4.69, 9.17) is 4.74 Å². The maximum Gasteiger partial charge on any atom is 0.414 e. The molecule has 1 aliphatic rings. The molecule has 0 fully saturated rings. The van der Waals surface area contributed by atoms with Crippen LogP contribution in [0.5, 0.6) is 0 Å². The molecule has 0 aromatic heterocycles.